The van der Waals surface area contributed by atoms with Crippen molar-refractivity contribution in [3.8, 4) is 0 Å². The first-order valence-corrected chi connectivity index (χ1v) is 5.07. The highest BCUT2D eigenvalue weighted by atomic mass is 32.2. The number of rotatable bonds is 1. The van der Waals surface area contributed by atoms with Crippen LogP contribution in [0.2, 0.25) is 0 Å². The van der Waals surface area contributed by atoms with Crippen molar-refractivity contribution in [2.75, 3.05) is 6.26 Å². The Morgan fingerprint density at radius 1 is 1.38 bits per heavy atom. The van der Waals surface area contributed by atoms with Crippen LogP contribution in [0.5, 0.6) is 0 Å². The Balaban J connectivity index is 2.93. The van der Waals surface area contributed by atoms with Gasteiger partial charge >= 0.3 is 6.18 Å². The first-order chi connectivity index (χ1) is 5.96. The fourth-order valence-corrected chi connectivity index (χ4v) is 2.20. The summed E-state index contributed by atoms with van der Waals surface area (Å²) < 4.78 is 37.3. The van der Waals surface area contributed by atoms with Gasteiger partial charge in [-0.05, 0) is 6.26 Å². The summed E-state index contributed by atoms with van der Waals surface area (Å²) in [7, 11) is 0. The van der Waals surface area contributed by atoms with E-state index in [9.17, 15) is 13.2 Å². The van der Waals surface area contributed by atoms with Crippen LogP contribution >= 0.6 is 11.8 Å². The van der Waals surface area contributed by atoms with Crippen molar-refractivity contribution in [1.82, 2.24) is 0 Å². The number of thioether (sulfide) groups is 1. The van der Waals surface area contributed by atoms with E-state index in [1.807, 2.05) is 0 Å². The second kappa shape index (κ2) is 3.78. The van der Waals surface area contributed by atoms with E-state index in [1.165, 1.54) is 17.8 Å². The lowest BCUT2D eigenvalue weighted by Gasteiger charge is -2.26. The highest BCUT2D eigenvalue weighted by molar-refractivity contribution is 7.99. The SMILES string of the molecule is CSC1[C](C)C=CC=C1C(F)(F)F. The van der Waals surface area contributed by atoms with E-state index in [0.29, 0.717) is 0 Å². The highest BCUT2D eigenvalue weighted by Gasteiger charge is 2.40. The average Bonchev–Trinajstić information content (AvgIpc) is 2.02. The molecule has 1 radical (unpaired) electrons. The molecule has 1 atom stereocenters. The second-order valence-corrected chi connectivity index (χ2v) is 3.78. The van der Waals surface area contributed by atoms with E-state index in [-0.39, 0.29) is 0 Å². The van der Waals surface area contributed by atoms with Gasteiger partial charge in [-0.15, -0.1) is 0 Å². The maximum absolute atomic E-state index is 12.4. The molecular formula is C9H10F3S. The normalized spacial score (nSPS) is 24.7. The van der Waals surface area contributed by atoms with Crippen LogP contribution in [0, 0.1) is 5.92 Å². The third-order valence-electron chi connectivity index (χ3n) is 1.89. The monoisotopic (exact) mass is 207 g/mol. The molecule has 0 spiro atoms. The lowest BCUT2D eigenvalue weighted by molar-refractivity contribution is -0.0929. The summed E-state index contributed by atoms with van der Waals surface area (Å²) in [4.78, 5) is 0. The Morgan fingerprint density at radius 2 is 2.00 bits per heavy atom. The maximum atomic E-state index is 12.4. The van der Waals surface area contributed by atoms with Crippen LogP contribution in [-0.4, -0.2) is 17.7 Å². The molecule has 1 aliphatic carbocycles. The Labute approximate surface area is 79.9 Å². The molecule has 0 aromatic heterocycles. The van der Waals surface area contributed by atoms with Crippen molar-refractivity contribution < 1.29 is 13.2 Å². The van der Waals surface area contributed by atoms with Crippen molar-refractivity contribution in [1.29, 1.82) is 0 Å². The molecule has 0 bridgehead atoms. The molecule has 0 amide bonds. The molecule has 0 aliphatic heterocycles. The molecule has 0 aromatic rings. The molecule has 4 heteroatoms. The molecule has 1 rings (SSSR count). The molecule has 1 unspecified atom stereocenters. The van der Waals surface area contributed by atoms with Gasteiger partial charge in [0.1, 0.15) is 0 Å². The van der Waals surface area contributed by atoms with Gasteiger partial charge in [-0.25, -0.2) is 0 Å². The van der Waals surface area contributed by atoms with Crippen LogP contribution in [0.15, 0.2) is 23.8 Å². The van der Waals surface area contributed by atoms with Crippen molar-refractivity contribution in [3.05, 3.63) is 29.7 Å². The van der Waals surface area contributed by atoms with Gasteiger partial charge in [0, 0.05) is 16.7 Å². The summed E-state index contributed by atoms with van der Waals surface area (Å²) in [6.45, 7) is 1.72. The molecular weight excluding hydrogens is 197 g/mol. The smallest absolute Gasteiger partial charge is 0.166 e. The Morgan fingerprint density at radius 3 is 2.38 bits per heavy atom. The quantitative estimate of drug-likeness (QED) is 0.635. The zero-order valence-corrected chi connectivity index (χ0v) is 8.17. The standard InChI is InChI=1S/C9H10F3S/c1-6-4-3-5-7(8(6)13-2)9(10,11)12/h3-5,8H,1-2H3. The molecule has 1 aliphatic rings. The number of alkyl halides is 3. The van der Waals surface area contributed by atoms with Crippen molar-refractivity contribution >= 4 is 11.8 Å². The van der Waals surface area contributed by atoms with Gasteiger partial charge < -0.3 is 0 Å². The Bertz CT molecular complexity index is 240. The third-order valence-corrected chi connectivity index (χ3v) is 2.99. The molecule has 0 N–H and O–H groups in total. The molecule has 0 fully saturated rings. The molecule has 0 aromatic carbocycles. The third kappa shape index (κ3) is 2.30. The minimum atomic E-state index is -4.21. The van der Waals surface area contributed by atoms with Gasteiger partial charge in [-0.1, -0.05) is 25.2 Å². The minimum absolute atomic E-state index is 0.458. The van der Waals surface area contributed by atoms with Gasteiger partial charge in [0.25, 0.3) is 0 Å². The number of halogens is 3. The van der Waals surface area contributed by atoms with E-state index < -0.39 is 17.0 Å². The largest absolute Gasteiger partial charge is 0.413 e. The van der Waals surface area contributed by atoms with E-state index >= 15 is 0 Å². The molecule has 0 nitrogen and oxygen atoms in total. The molecule has 13 heavy (non-hydrogen) atoms. The number of allylic oxidation sites excluding steroid dienone is 3. The summed E-state index contributed by atoms with van der Waals surface area (Å²) in [5.74, 6) is 0.752. The summed E-state index contributed by atoms with van der Waals surface area (Å²) in [6, 6.07) is 0. The van der Waals surface area contributed by atoms with Gasteiger partial charge in [0.05, 0.1) is 0 Å². The summed E-state index contributed by atoms with van der Waals surface area (Å²) in [5.41, 5.74) is -0.458. The van der Waals surface area contributed by atoms with Gasteiger partial charge in [0.2, 0.25) is 0 Å². The van der Waals surface area contributed by atoms with Gasteiger partial charge in [-0.2, -0.15) is 24.9 Å². The minimum Gasteiger partial charge on any atom is -0.166 e. The summed E-state index contributed by atoms with van der Waals surface area (Å²) in [6.07, 6.45) is 1.79. The zero-order valence-electron chi connectivity index (χ0n) is 7.35. The van der Waals surface area contributed by atoms with Crippen LogP contribution in [0.4, 0.5) is 13.2 Å². The van der Waals surface area contributed by atoms with E-state index in [0.717, 1.165) is 12.0 Å². The van der Waals surface area contributed by atoms with E-state index in [4.69, 9.17) is 0 Å². The lowest BCUT2D eigenvalue weighted by atomic mass is 9.95. The molecule has 0 heterocycles. The van der Waals surface area contributed by atoms with Crippen LogP contribution in [-0.2, 0) is 0 Å². The molecule has 73 valence electrons. The van der Waals surface area contributed by atoms with E-state index in [2.05, 4.69) is 0 Å². The van der Waals surface area contributed by atoms with Crippen molar-refractivity contribution in [3.63, 3.8) is 0 Å². The molecule has 0 saturated heterocycles. The fraction of sp³-hybridized carbons (Fsp3) is 0.444. The highest BCUT2D eigenvalue weighted by Crippen LogP contribution is 2.39. The predicted octanol–water partition coefficient (Wildman–Crippen LogP) is 3.37. The fourth-order valence-electron chi connectivity index (χ4n) is 1.28. The van der Waals surface area contributed by atoms with Crippen LogP contribution < -0.4 is 0 Å². The first kappa shape index (κ1) is 10.7. The topological polar surface area (TPSA) is 0 Å². The first-order valence-electron chi connectivity index (χ1n) is 3.78. The Kier molecular flexibility index (Phi) is 3.11. The molecule has 0 saturated carbocycles. The van der Waals surface area contributed by atoms with Crippen LogP contribution in [0.3, 0.4) is 0 Å². The van der Waals surface area contributed by atoms with E-state index in [1.54, 1.807) is 19.3 Å². The van der Waals surface area contributed by atoms with Crippen molar-refractivity contribution in [2.24, 2.45) is 0 Å². The second-order valence-electron chi connectivity index (χ2n) is 2.84. The van der Waals surface area contributed by atoms with Gasteiger partial charge in [0.15, 0.2) is 0 Å². The summed E-state index contributed by atoms with van der Waals surface area (Å²) >= 11 is 1.21. The Hall–Kier alpha value is -0.380. The number of hydrogen-bond acceptors (Lipinski definition) is 1. The average molecular weight is 207 g/mol. The number of hydrogen-bond donors (Lipinski definition) is 0. The maximum Gasteiger partial charge on any atom is 0.413 e. The van der Waals surface area contributed by atoms with Crippen molar-refractivity contribution in [2.45, 2.75) is 18.3 Å². The van der Waals surface area contributed by atoms with Crippen LogP contribution in [0.1, 0.15) is 6.92 Å². The summed E-state index contributed by atoms with van der Waals surface area (Å²) in [5, 5.41) is -0.537. The lowest BCUT2D eigenvalue weighted by Crippen LogP contribution is -2.26. The van der Waals surface area contributed by atoms with Crippen LogP contribution in [0.25, 0.3) is 0 Å². The zero-order chi connectivity index (χ0) is 10.1. The predicted molar refractivity (Wildman–Crippen MR) is 49.5 cm³/mol. The van der Waals surface area contributed by atoms with Gasteiger partial charge in [-0.3, -0.25) is 0 Å².